The van der Waals surface area contributed by atoms with E-state index < -0.39 is 0 Å². The Bertz CT molecular complexity index is 1210. The average Bonchev–Trinajstić information content (AvgIpc) is 2.83. The summed E-state index contributed by atoms with van der Waals surface area (Å²) in [5.41, 5.74) is 10.1. The van der Waals surface area contributed by atoms with Gasteiger partial charge in [-0.3, -0.25) is 4.79 Å². The van der Waals surface area contributed by atoms with Crippen LogP contribution in [0, 0.1) is 11.3 Å². The number of anilines is 3. The Balaban J connectivity index is 1.83. The Labute approximate surface area is 201 Å². The maximum absolute atomic E-state index is 13.0. The molecule has 180 valence electrons. The van der Waals surface area contributed by atoms with Gasteiger partial charge < -0.3 is 25.9 Å². The van der Waals surface area contributed by atoms with Gasteiger partial charge in [0.2, 0.25) is 0 Å². The molecule has 0 saturated heterocycles. The number of hydrogen-bond donors (Lipinski definition) is 3. The maximum atomic E-state index is 13.0. The Morgan fingerprint density at radius 3 is 2.56 bits per heavy atom. The van der Waals surface area contributed by atoms with Gasteiger partial charge in [0.25, 0.3) is 5.56 Å². The van der Waals surface area contributed by atoms with Crippen molar-refractivity contribution in [2.24, 2.45) is 18.7 Å². The van der Waals surface area contributed by atoms with E-state index in [1.165, 1.54) is 30.9 Å². The zero-order valence-corrected chi connectivity index (χ0v) is 20.6. The third-order valence-corrected chi connectivity index (χ3v) is 5.94. The van der Waals surface area contributed by atoms with Crippen LogP contribution >= 0.6 is 0 Å². The minimum atomic E-state index is -0.219. The van der Waals surface area contributed by atoms with Gasteiger partial charge in [0.1, 0.15) is 0 Å². The largest absolute Gasteiger partial charge is 0.404 e. The molecule has 2 aromatic carbocycles. The van der Waals surface area contributed by atoms with Gasteiger partial charge >= 0.3 is 0 Å². The van der Waals surface area contributed by atoms with Crippen LogP contribution in [0.4, 0.5) is 17.2 Å². The summed E-state index contributed by atoms with van der Waals surface area (Å²) in [6.07, 6.45) is 6.08. The van der Waals surface area contributed by atoms with E-state index in [0.717, 1.165) is 30.8 Å². The number of rotatable bonds is 11. The Morgan fingerprint density at radius 2 is 1.94 bits per heavy atom. The number of allylic oxidation sites excluding steroid dienone is 1. The van der Waals surface area contributed by atoms with Gasteiger partial charge in [-0.05, 0) is 67.1 Å². The fourth-order valence-electron chi connectivity index (χ4n) is 4.03. The van der Waals surface area contributed by atoms with Gasteiger partial charge in [0, 0.05) is 49.5 Å². The van der Waals surface area contributed by atoms with Gasteiger partial charge in [0.15, 0.2) is 5.82 Å². The van der Waals surface area contributed by atoms with E-state index in [4.69, 9.17) is 11.1 Å². The van der Waals surface area contributed by atoms with Crippen molar-refractivity contribution in [1.29, 1.82) is 5.41 Å². The van der Waals surface area contributed by atoms with E-state index in [1.54, 1.807) is 11.6 Å². The molecule has 0 fully saturated rings. The Hall–Kier alpha value is -3.61. The van der Waals surface area contributed by atoms with Crippen LogP contribution < -0.4 is 21.5 Å². The average molecular weight is 461 g/mol. The zero-order valence-electron chi connectivity index (χ0n) is 20.6. The smallest absolute Gasteiger partial charge is 0.293 e. The van der Waals surface area contributed by atoms with Gasteiger partial charge in [-0.1, -0.05) is 26.8 Å². The highest BCUT2D eigenvalue weighted by Crippen LogP contribution is 2.23. The molecule has 1 aromatic heterocycles. The van der Waals surface area contributed by atoms with Crippen molar-refractivity contribution in [2.75, 3.05) is 23.3 Å². The molecule has 0 aliphatic carbocycles. The topological polar surface area (TPSA) is 100 Å². The van der Waals surface area contributed by atoms with Crippen molar-refractivity contribution in [1.82, 2.24) is 9.55 Å². The molecule has 34 heavy (non-hydrogen) atoms. The molecular formula is C27H36N6O. The highest BCUT2D eigenvalue weighted by Gasteiger charge is 2.12. The van der Waals surface area contributed by atoms with Crippen molar-refractivity contribution in [3.63, 3.8) is 0 Å². The quantitative estimate of drug-likeness (QED) is 0.338. The molecule has 0 aliphatic heterocycles. The van der Waals surface area contributed by atoms with Crippen LogP contribution in [0.15, 0.2) is 53.5 Å². The fourth-order valence-corrected chi connectivity index (χ4v) is 4.03. The normalized spacial score (nSPS) is 11.7. The highest BCUT2D eigenvalue weighted by molar-refractivity contribution is 6.09. The predicted octanol–water partition coefficient (Wildman–Crippen LogP) is 5.28. The lowest BCUT2D eigenvalue weighted by atomic mass is 10.1. The van der Waals surface area contributed by atoms with Gasteiger partial charge in [-0.2, -0.15) is 0 Å². The Kier molecular flexibility index (Phi) is 8.46. The molecule has 0 saturated carbocycles. The molecule has 3 rings (SSSR count). The number of aryl methyl sites for hydroxylation is 1. The summed E-state index contributed by atoms with van der Waals surface area (Å²) in [7, 11) is 1.72. The summed E-state index contributed by atoms with van der Waals surface area (Å²) in [5.74, 6) is 0.994. The van der Waals surface area contributed by atoms with Crippen LogP contribution in [-0.2, 0) is 7.05 Å². The first-order valence-electron chi connectivity index (χ1n) is 11.9. The van der Waals surface area contributed by atoms with Crippen molar-refractivity contribution in [3.05, 3.63) is 64.6 Å². The summed E-state index contributed by atoms with van der Waals surface area (Å²) < 4.78 is 1.57. The van der Waals surface area contributed by atoms with E-state index >= 15 is 0 Å². The van der Waals surface area contributed by atoms with Crippen molar-refractivity contribution in [2.45, 2.75) is 40.0 Å². The summed E-state index contributed by atoms with van der Waals surface area (Å²) in [5, 5.41) is 10.7. The monoisotopic (exact) mass is 460 g/mol. The summed E-state index contributed by atoms with van der Waals surface area (Å²) >= 11 is 0. The molecule has 4 N–H and O–H groups in total. The standard InChI is InChI=1S/C27H36N6O/c1-5-14-33(15-6-7-19(2)3)23-11-9-22(10-12-23)30-26-27(34)32(4)25-16-20(21(17-28)18-29)8-13-24(25)31-26/h8-13,16-19,28H,5-7,14-15,29H2,1-4H3,(H,30,31)/b21-18+,28-17?. The number of fused-ring (bicyclic) bond motifs is 1. The van der Waals surface area contributed by atoms with Crippen LogP contribution in [0.25, 0.3) is 16.6 Å². The zero-order chi connectivity index (χ0) is 24.7. The minimum absolute atomic E-state index is 0.219. The molecule has 1 heterocycles. The van der Waals surface area contributed by atoms with Crippen molar-refractivity contribution in [3.8, 4) is 0 Å². The van der Waals surface area contributed by atoms with E-state index in [9.17, 15) is 4.79 Å². The molecule has 3 aromatic rings. The second-order valence-corrected chi connectivity index (χ2v) is 8.99. The lowest BCUT2D eigenvalue weighted by molar-refractivity contribution is 0.548. The fraction of sp³-hybridized carbons (Fsp3) is 0.370. The highest BCUT2D eigenvalue weighted by atomic mass is 16.1. The molecule has 0 aliphatic rings. The van der Waals surface area contributed by atoms with Crippen molar-refractivity contribution >= 4 is 40.0 Å². The predicted molar refractivity (Wildman–Crippen MR) is 144 cm³/mol. The Morgan fingerprint density at radius 1 is 1.21 bits per heavy atom. The molecule has 0 unspecified atom stereocenters. The summed E-state index contributed by atoms with van der Waals surface area (Å²) in [6, 6.07) is 13.7. The maximum Gasteiger partial charge on any atom is 0.293 e. The molecule has 0 spiro atoms. The SMILES string of the molecule is CCCN(CCCC(C)C)c1ccc(Nc2nc3ccc(/C(C=N)=C/N)cc3n(C)c2=O)cc1. The molecule has 0 atom stereocenters. The summed E-state index contributed by atoms with van der Waals surface area (Å²) in [6.45, 7) is 8.80. The number of hydrogen-bond acceptors (Lipinski definition) is 6. The van der Waals surface area contributed by atoms with Crippen LogP contribution in [0.2, 0.25) is 0 Å². The van der Waals surface area contributed by atoms with Gasteiger partial charge in [0.05, 0.1) is 11.0 Å². The van der Waals surface area contributed by atoms with E-state index in [1.807, 2.05) is 30.3 Å². The van der Waals surface area contributed by atoms with Gasteiger partial charge in [-0.15, -0.1) is 0 Å². The van der Waals surface area contributed by atoms with Crippen LogP contribution in [-0.4, -0.2) is 28.9 Å². The number of benzene rings is 2. The molecule has 0 amide bonds. The molecule has 0 radical (unpaired) electrons. The molecule has 7 heteroatoms. The first-order chi connectivity index (χ1) is 16.4. The molecule has 7 nitrogen and oxygen atoms in total. The second-order valence-electron chi connectivity index (χ2n) is 8.99. The lowest BCUT2D eigenvalue weighted by Gasteiger charge is -2.25. The number of nitrogens with two attached hydrogens (primary N) is 1. The van der Waals surface area contributed by atoms with Crippen LogP contribution in [0.5, 0.6) is 0 Å². The van der Waals surface area contributed by atoms with E-state index in [2.05, 4.69) is 48.1 Å². The second kappa shape index (κ2) is 11.5. The first-order valence-corrected chi connectivity index (χ1v) is 11.9. The van der Waals surface area contributed by atoms with Gasteiger partial charge in [-0.25, -0.2) is 4.98 Å². The molecular weight excluding hydrogens is 424 g/mol. The number of nitrogens with zero attached hydrogens (tertiary/aromatic N) is 3. The summed E-state index contributed by atoms with van der Waals surface area (Å²) in [4.78, 5) is 20.0. The van der Waals surface area contributed by atoms with E-state index in [0.29, 0.717) is 22.5 Å². The van der Waals surface area contributed by atoms with E-state index in [-0.39, 0.29) is 11.4 Å². The third kappa shape index (κ3) is 5.84. The lowest BCUT2D eigenvalue weighted by Crippen LogP contribution is -2.25. The number of aromatic nitrogens is 2. The van der Waals surface area contributed by atoms with Crippen molar-refractivity contribution < 1.29 is 0 Å². The molecule has 0 bridgehead atoms. The first kappa shape index (κ1) is 25.0. The third-order valence-electron chi connectivity index (χ3n) is 5.94. The number of nitrogens with one attached hydrogen (secondary N) is 2. The van der Waals surface area contributed by atoms with Crippen LogP contribution in [0.3, 0.4) is 0 Å². The minimum Gasteiger partial charge on any atom is -0.404 e. The van der Waals surface area contributed by atoms with Crippen LogP contribution in [0.1, 0.15) is 45.6 Å².